The van der Waals surface area contributed by atoms with Crippen LogP contribution < -0.4 is 0 Å². The minimum Gasteiger partial charge on any atom is -0.458 e. The molecule has 2 saturated carbocycles. The molecule has 0 radical (unpaired) electrons. The number of hydrogen-bond acceptors (Lipinski definition) is 11. The summed E-state index contributed by atoms with van der Waals surface area (Å²) in [5, 5.41) is 24.1. The SMILES string of the molecule is C=C1C(OC(=O)C(OC(C)=O)C(c2ccccc2)N(C)C)CC(O)C2(C)C1CC1CC(OC(C)=O)C(C)=C(C(OC(C)=O)C2O)C1(C)C. The average Bonchev–Trinajstić information content (AvgIpc) is 2.98. The predicted molar refractivity (Wildman–Crippen MR) is 176 cm³/mol. The number of nitrogens with zero attached hydrogens (tertiary/aromatic N) is 1. The Labute approximate surface area is 283 Å². The van der Waals surface area contributed by atoms with E-state index in [0.717, 1.165) is 5.56 Å². The quantitative estimate of drug-likeness (QED) is 0.234. The zero-order valence-electron chi connectivity index (χ0n) is 29.5. The Morgan fingerprint density at radius 1 is 0.875 bits per heavy atom. The number of esters is 4. The topological polar surface area (TPSA) is 149 Å². The maximum atomic E-state index is 14.0. The number of rotatable bonds is 8. The fourth-order valence-electron chi connectivity index (χ4n) is 8.44. The highest BCUT2D eigenvalue weighted by Crippen LogP contribution is 2.60. The highest BCUT2D eigenvalue weighted by atomic mass is 16.6. The molecule has 1 aromatic rings. The van der Waals surface area contributed by atoms with E-state index in [-0.39, 0.29) is 12.3 Å². The summed E-state index contributed by atoms with van der Waals surface area (Å²) < 4.78 is 23.3. The molecule has 11 nitrogen and oxygen atoms in total. The van der Waals surface area contributed by atoms with Gasteiger partial charge in [0.25, 0.3) is 0 Å². The maximum Gasteiger partial charge on any atom is 0.350 e. The van der Waals surface area contributed by atoms with Gasteiger partial charge in [0, 0.05) is 32.6 Å². The van der Waals surface area contributed by atoms with E-state index in [2.05, 4.69) is 6.58 Å². The van der Waals surface area contributed by atoms with E-state index in [1.54, 1.807) is 25.9 Å². The lowest BCUT2D eigenvalue weighted by molar-refractivity contribution is -0.194. The standard InChI is InChI=1S/C37H51NO10/c1-19-26-16-25-17-27(45-21(3)39)20(2)30(36(25,6)7)32(46-22(4)40)34(43)37(26,8)29(42)18-28(19)48-35(44)33(47-23(5)41)31(38(9)10)24-14-12-11-13-15-24/h11-15,25-29,31-34,42-43H,1,16-18H2,2-10H3. The molecule has 0 saturated heterocycles. The van der Waals surface area contributed by atoms with Crippen molar-refractivity contribution in [2.45, 2.75) is 110 Å². The summed E-state index contributed by atoms with van der Waals surface area (Å²) in [6.45, 7) is 15.8. The number of benzene rings is 1. The van der Waals surface area contributed by atoms with Crippen molar-refractivity contribution in [2.75, 3.05) is 14.1 Å². The van der Waals surface area contributed by atoms with Gasteiger partial charge in [-0.25, -0.2) is 4.79 Å². The molecule has 2 bridgehead atoms. The average molecular weight is 670 g/mol. The third kappa shape index (κ3) is 6.95. The van der Waals surface area contributed by atoms with Crippen LogP contribution in [0.25, 0.3) is 0 Å². The zero-order chi connectivity index (χ0) is 35.9. The van der Waals surface area contributed by atoms with E-state index in [9.17, 15) is 29.4 Å². The Kier molecular flexibility index (Phi) is 11.0. The van der Waals surface area contributed by atoms with E-state index >= 15 is 0 Å². The highest BCUT2D eigenvalue weighted by Gasteiger charge is 2.62. The summed E-state index contributed by atoms with van der Waals surface area (Å²) in [6, 6.07) is 8.49. The molecule has 1 aromatic carbocycles. The molecule has 10 unspecified atom stereocenters. The second-order valence-electron chi connectivity index (χ2n) is 14.6. The number of likely N-dealkylation sites (N-methyl/N-ethyl adjacent to an activating group) is 1. The van der Waals surface area contributed by atoms with E-state index in [4.69, 9.17) is 18.9 Å². The van der Waals surface area contributed by atoms with Crippen molar-refractivity contribution < 1.29 is 48.3 Å². The molecule has 0 aliphatic heterocycles. The second kappa shape index (κ2) is 14.1. The first-order chi connectivity index (χ1) is 22.3. The van der Waals surface area contributed by atoms with Crippen molar-refractivity contribution in [3.8, 4) is 0 Å². The van der Waals surface area contributed by atoms with Crippen LogP contribution in [0, 0.1) is 22.7 Å². The summed E-state index contributed by atoms with van der Waals surface area (Å²) in [4.78, 5) is 52.6. The first kappa shape index (κ1) is 37.3. The predicted octanol–water partition coefficient (Wildman–Crippen LogP) is 4.07. The van der Waals surface area contributed by atoms with Crippen LogP contribution >= 0.6 is 0 Å². The molecule has 0 aromatic heterocycles. The van der Waals surface area contributed by atoms with Gasteiger partial charge in [0.05, 0.1) is 12.1 Å². The van der Waals surface area contributed by atoms with Gasteiger partial charge in [-0.3, -0.25) is 19.3 Å². The van der Waals surface area contributed by atoms with Gasteiger partial charge in [0.1, 0.15) is 18.3 Å². The molecule has 2 fully saturated rings. The van der Waals surface area contributed by atoms with E-state index in [1.807, 2.05) is 51.1 Å². The summed E-state index contributed by atoms with van der Waals surface area (Å²) in [6.07, 6.45) is -5.88. The fraction of sp³-hybridized carbons (Fsp3) is 0.622. The van der Waals surface area contributed by atoms with Crippen LogP contribution in [-0.4, -0.2) is 89.7 Å². The Bertz CT molecular complexity index is 1450. The summed E-state index contributed by atoms with van der Waals surface area (Å²) in [5.74, 6) is -3.30. The largest absolute Gasteiger partial charge is 0.458 e. The molecule has 0 heterocycles. The number of aliphatic hydroxyl groups is 2. The number of ether oxygens (including phenoxy) is 4. The molecule has 2 N–H and O–H groups in total. The van der Waals surface area contributed by atoms with Gasteiger partial charge < -0.3 is 29.2 Å². The Morgan fingerprint density at radius 2 is 1.48 bits per heavy atom. The van der Waals surface area contributed by atoms with Crippen LogP contribution in [-0.2, 0) is 38.1 Å². The lowest BCUT2D eigenvalue weighted by Gasteiger charge is -2.58. The smallest absolute Gasteiger partial charge is 0.350 e. The number of hydrogen-bond donors (Lipinski definition) is 2. The molecule has 0 spiro atoms. The second-order valence-corrected chi connectivity index (χ2v) is 14.6. The Hall–Kier alpha value is -3.54. The van der Waals surface area contributed by atoms with Crippen LogP contribution in [0.15, 0.2) is 53.6 Å². The molecular formula is C37H51NO10. The molecular weight excluding hydrogens is 618 g/mol. The van der Waals surface area contributed by atoms with Gasteiger partial charge in [-0.05, 0) is 73.4 Å². The first-order valence-corrected chi connectivity index (χ1v) is 16.5. The molecule has 0 amide bonds. The molecule has 4 rings (SSSR count). The first-order valence-electron chi connectivity index (χ1n) is 16.5. The van der Waals surface area contributed by atoms with Gasteiger partial charge in [-0.15, -0.1) is 0 Å². The summed E-state index contributed by atoms with van der Waals surface area (Å²) in [5.41, 5.74) is 0.710. The van der Waals surface area contributed by atoms with Gasteiger partial charge in [0.15, 0.2) is 6.10 Å². The van der Waals surface area contributed by atoms with Crippen LogP contribution in [0.2, 0.25) is 0 Å². The molecule has 264 valence electrons. The van der Waals surface area contributed by atoms with E-state index in [1.165, 1.54) is 20.8 Å². The van der Waals surface area contributed by atoms with Crippen LogP contribution in [0.1, 0.15) is 79.3 Å². The van der Waals surface area contributed by atoms with Crippen LogP contribution in [0.4, 0.5) is 0 Å². The van der Waals surface area contributed by atoms with Gasteiger partial charge in [-0.2, -0.15) is 0 Å². The van der Waals surface area contributed by atoms with Crippen molar-refractivity contribution in [1.29, 1.82) is 0 Å². The van der Waals surface area contributed by atoms with E-state index in [0.29, 0.717) is 29.6 Å². The van der Waals surface area contributed by atoms with Crippen LogP contribution in [0.5, 0.6) is 0 Å². The summed E-state index contributed by atoms with van der Waals surface area (Å²) in [7, 11) is 3.54. The third-order valence-corrected chi connectivity index (χ3v) is 11.0. The molecule has 3 aliphatic carbocycles. The number of fused-ring (bicyclic) bond motifs is 3. The Morgan fingerprint density at radius 3 is 2.02 bits per heavy atom. The van der Waals surface area contributed by atoms with Crippen molar-refractivity contribution >= 4 is 23.9 Å². The lowest BCUT2D eigenvalue weighted by atomic mass is 9.49. The minimum atomic E-state index is -1.39. The molecule has 11 heteroatoms. The van der Waals surface area contributed by atoms with Crippen molar-refractivity contribution in [3.05, 3.63) is 59.2 Å². The lowest BCUT2D eigenvalue weighted by Crippen LogP contribution is -2.63. The normalized spacial score (nSPS) is 32.6. The van der Waals surface area contributed by atoms with Gasteiger partial charge in [-0.1, -0.05) is 57.7 Å². The number of carbonyl (C=O) groups excluding carboxylic acids is 4. The number of aliphatic hydroxyl groups excluding tert-OH is 2. The van der Waals surface area contributed by atoms with Gasteiger partial charge in [0.2, 0.25) is 6.10 Å². The van der Waals surface area contributed by atoms with Crippen LogP contribution in [0.3, 0.4) is 0 Å². The molecule has 3 aliphatic rings. The number of carbonyl (C=O) groups is 4. The third-order valence-electron chi connectivity index (χ3n) is 11.0. The molecule has 10 atom stereocenters. The van der Waals surface area contributed by atoms with Crippen molar-refractivity contribution in [1.82, 2.24) is 4.90 Å². The monoisotopic (exact) mass is 669 g/mol. The van der Waals surface area contributed by atoms with E-state index < -0.39 is 83.3 Å². The minimum absolute atomic E-state index is 0.0889. The zero-order valence-corrected chi connectivity index (χ0v) is 29.5. The van der Waals surface area contributed by atoms with Crippen molar-refractivity contribution in [2.24, 2.45) is 22.7 Å². The maximum absolute atomic E-state index is 14.0. The fourth-order valence-corrected chi connectivity index (χ4v) is 8.44. The Balaban J connectivity index is 1.76. The van der Waals surface area contributed by atoms with Gasteiger partial charge >= 0.3 is 23.9 Å². The van der Waals surface area contributed by atoms with Crippen molar-refractivity contribution in [3.63, 3.8) is 0 Å². The molecule has 48 heavy (non-hydrogen) atoms. The summed E-state index contributed by atoms with van der Waals surface area (Å²) >= 11 is 0. The highest BCUT2D eigenvalue weighted by molar-refractivity contribution is 5.80.